The largest absolute Gasteiger partial charge is 0.481 e. The number of carboxylic acid groups (broad SMARTS) is 1. The second-order valence-electron chi connectivity index (χ2n) is 6.91. The minimum absolute atomic E-state index is 0.210. The summed E-state index contributed by atoms with van der Waals surface area (Å²) >= 11 is 0. The second-order valence-corrected chi connectivity index (χ2v) is 6.91. The predicted molar refractivity (Wildman–Crippen MR) is 87.4 cm³/mol. The van der Waals surface area contributed by atoms with E-state index in [1.165, 1.54) is 19.3 Å². The Labute approximate surface area is 130 Å². The molecule has 0 aliphatic heterocycles. The van der Waals surface area contributed by atoms with Crippen LogP contribution in [0.25, 0.3) is 0 Å². The molecule has 3 unspecified atom stereocenters. The highest BCUT2D eigenvalue weighted by Crippen LogP contribution is 2.21. The second kappa shape index (κ2) is 11.8. The molecule has 0 heterocycles. The van der Waals surface area contributed by atoms with E-state index in [1.807, 2.05) is 0 Å². The Morgan fingerprint density at radius 2 is 1.24 bits per heavy atom. The number of hydrogen-bond donors (Lipinski definition) is 1. The third-order valence-electron chi connectivity index (χ3n) is 4.38. The van der Waals surface area contributed by atoms with E-state index in [-0.39, 0.29) is 5.92 Å². The van der Waals surface area contributed by atoms with Gasteiger partial charge in [0.1, 0.15) is 5.78 Å². The number of aliphatic carboxylic acids is 1. The molecule has 124 valence electrons. The van der Waals surface area contributed by atoms with Crippen LogP contribution in [0.4, 0.5) is 0 Å². The third-order valence-corrected chi connectivity index (χ3v) is 4.38. The molecule has 0 aliphatic carbocycles. The molecule has 0 aliphatic rings. The first-order chi connectivity index (χ1) is 9.82. The summed E-state index contributed by atoms with van der Waals surface area (Å²) < 4.78 is 0. The molecule has 0 amide bonds. The van der Waals surface area contributed by atoms with Crippen molar-refractivity contribution in [1.82, 2.24) is 0 Å². The van der Waals surface area contributed by atoms with Gasteiger partial charge in [0.2, 0.25) is 0 Å². The van der Waals surface area contributed by atoms with Crippen LogP contribution < -0.4 is 0 Å². The van der Waals surface area contributed by atoms with E-state index in [4.69, 9.17) is 5.11 Å². The zero-order valence-electron chi connectivity index (χ0n) is 14.4. The van der Waals surface area contributed by atoms with E-state index in [0.717, 1.165) is 38.5 Å². The lowest BCUT2D eigenvalue weighted by atomic mass is 9.91. The van der Waals surface area contributed by atoms with Gasteiger partial charge in [-0.3, -0.25) is 4.79 Å². The van der Waals surface area contributed by atoms with Gasteiger partial charge in [0.15, 0.2) is 0 Å². The van der Waals surface area contributed by atoms with Gasteiger partial charge < -0.3 is 9.90 Å². The van der Waals surface area contributed by atoms with Crippen molar-refractivity contribution in [1.29, 1.82) is 0 Å². The minimum atomic E-state index is -0.679. The van der Waals surface area contributed by atoms with Crippen LogP contribution in [-0.2, 0) is 9.59 Å². The Balaban J connectivity index is 3.54. The highest BCUT2D eigenvalue weighted by molar-refractivity contribution is 5.75. The van der Waals surface area contributed by atoms with Gasteiger partial charge in [-0.2, -0.15) is 0 Å². The van der Waals surface area contributed by atoms with Crippen molar-refractivity contribution >= 4 is 11.8 Å². The van der Waals surface area contributed by atoms with E-state index < -0.39 is 5.97 Å². The van der Waals surface area contributed by atoms with Crippen LogP contribution in [0.3, 0.4) is 0 Å². The average molecular weight is 298 g/mol. The van der Waals surface area contributed by atoms with Crippen molar-refractivity contribution in [2.45, 2.75) is 85.5 Å². The molecule has 3 atom stereocenters. The molecule has 0 saturated heterocycles. The van der Waals surface area contributed by atoms with Gasteiger partial charge in [-0.15, -0.1) is 0 Å². The zero-order chi connectivity index (χ0) is 16.3. The van der Waals surface area contributed by atoms with E-state index in [1.54, 1.807) is 13.8 Å². The van der Waals surface area contributed by atoms with Crippen LogP contribution in [0.2, 0.25) is 0 Å². The fourth-order valence-corrected chi connectivity index (χ4v) is 2.70. The quantitative estimate of drug-likeness (QED) is 0.516. The van der Waals surface area contributed by atoms with Crippen molar-refractivity contribution in [3.63, 3.8) is 0 Å². The molecule has 0 rings (SSSR count). The molecule has 0 saturated carbocycles. The third kappa shape index (κ3) is 12.6. The maximum Gasteiger partial charge on any atom is 0.306 e. The molecule has 0 radical (unpaired) electrons. The Hall–Kier alpha value is -0.860. The van der Waals surface area contributed by atoms with Crippen LogP contribution >= 0.6 is 0 Å². The molecular formula is C18H34O3. The SMILES string of the molecule is CC(=O)CCCC(C)CCCC(C)CCCC(C)C(=O)O. The number of rotatable bonds is 13. The molecule has 21 heavy (non-hydrogen) atoms. The zero-order valence-corrected chi connectivity index (χ0v) is 14.4. The lowest BCUT2D eigenvalue weighted by molar-refractivity contribution is -0.141. The molecule has 0 bridgehead atoms. The van der Waals surface area contributed by atoms with Crippen molar-refractivity contribution in [2.24, 2.45) is 17.8 Å². The van der Waals surface area contributed by atoms with Crippen molar-refractivity contribution < 1.29 is 14.7 Å². The van der Waals surface area contributed by atoms with Gasteiger partial charge in [0.25, 0.3) is 0 Å². The minimum Gasteiger partial charge on any atom is -0.481 e. The van der Waals surface area contributed by atoms with Gasteiger partial charge in [-0.25, -0.2) is 0 Å². The van der Waals surface area contributed by atoms with Gasteiger partial charge >= 0.3 is 5.97 Å². The summed E-state index contributed by atoms with van der Waals surface area (Å²) in [6, 6.07) is 0. The van der Waals surface area contributed by atoms with Crippen molar-refractivity contribution in [3.05, 3.63) is 0 Å². The van der Waals surface area contributed by atoms with Gasteiger partial charge in [0, 0.05) is 6.42 Å². The van der Waals surface area contributed by atoms with E-state index in [2.05, 4.69) is 13.8 Å². The van der Waals surface area contributed by atoms with Crippen LogP contribution in [0.1, 0.15) is 85.5 Å². The first-order valence-corrected chi connectivity index (χ1v) is 8.55. The fourth-order valence-electron chi connectivity index (χ4n) is 2.70. The Morgan fingerprint density at radius 1 is 0.810 bits per heavy atom. The van der Waals surface area contributed by atoms with Crippen LogP contribution in [0.15, 0.2) is 0 Å². The predicted octanol–water partition coefficient (Wildman–Crippen LogP) is 5.08. The molecule has 3 nitrogen and oxygen atoms in total. The highest BCUT2D eigenvalue weighted by Gasteiger charge is 2.11. The summed E-state index contributed by atoms with van der Waals surface area (Å²) in [5.74, 6) is 0.811. The summed E-state index contributed by atoms with van der Waals surface area (Å²) in [4.78, 5) is 21.6. The molecule has 1 N–H and O–H groups in total. The molecule has 0 fully saturated rings. The average Bonchev–Trinajstić information content (AvgIpc) is 2.37. The summed E-state index contributed by atoms with van der Waals surface area (Å²) in [7, 11) is 0. The first-order valence-electron chi connectivity index (χ1n) is 8.55. The van der Waals surface area contributed by atoms with Gasteiger partial charge in [0.05, 0.1) is 5.92 Å². The number of carboxylic acids is 1. The molecule has 3 heteroatoms. The van der Waals surface area contributed by atoms with Crippen LogP contribution in [-0.4, -0.2) is 16.9 Å². The monoisotopic (exact) mass is 298 g/mol. The van der Waals surface area contributed by atoms with E-state index in [9.17, 15) is 9.59 Å². The number of hydrogen-bond acceptors (Lipinski definition) is 2. The summed E-state index contributed by atoms with van der Waals surface area (Å²) in [5.41, 5.74) is 0. The molecule has 0 aromatic heterocycles. The smallest absolute Gasteiger partial charge is 0.306 e. The standard InChI is InChI=1S/C18H34O3/c1-14(10-6-12-16(3)18(20)21)8-5-9-15(2)11-7-13-17(4)19/h14-16H,5-13H2,1-4H3,(H,20,21). The lowest BCUT2D eigenvalue weighted by Crippen LogP contribution is -2.09. The maximum atomic E-state index is 10.9. The Morgan fingerprint density at radius 3 is 1.67 bits per heavy atom. The summed E-state index contributed by atoms with van der Waals surface area (Å²) in [6.07, 6.45) is 9.58. The lowest BCUT2D eigenvalue weighted by Gasteiger charge is -2.14. The molecule has 0 aromatic rings. The van der Waals surface area contributed by atoms with E-state index in [0.29, 0.717) is 17.6 Å². The number of ketones is 1. The Kier molecular flexibility index (Phi) is 11.3. The van der Waals surface area contributed by atoms with Gasteiger partial charge in [-0.1, -0.05) is 59.3 Å². The Bertz CT molecular complexity index is 299. The van der Waals surface area contributed by atoms with Crippen LogP contribution in [0.5, 0.6) is 0 Å². The number of carbonyl (C=O) groups is 2. The number of carbonyl (C=O) groups excluding carboxylic acids is 1. The normalized spacial score (nSPS) is 15.4. The fraction of sp³-hybridized carbons (Fsp3) is 0.889. The molecule has 0 aromatic carbocycles. The highest BCUT2D eigenvalue weighted by atomic mass is 16.4. The first kappa shape index (κ1) is 20.1. The van der Waals surface area contributed by atoms with Gasteiger partial charge in [-0.05, 0) is 31.6 Å². The van der Waals surface area contributed by atoms with Crippen LogP contribution in [0, 0.1) is 17.8 Å². The molecular weight excluding hydrogens is 264 g/mol. The molecule has 0 spiro atoms. The maximum absolute atomic E-state index is 10.9. The summed E-state index contributed by atoms with van der Waals surface area (Å²) in [6.45, 7) is 8.00. The topological polar surface area (TPSA) is 54.4 Å². The number of Topliss-reactive ketones (excluding diaryl/α,β-unsaturated/α-hetero) is 1. The summed E-state index contributed by atoms with van der Waals surface area (Å²) in [5, 5.41) is 8.83. The van der Waals surface area contributed by atoms with E-state index >= 15 is 0 Å². The van der Waals surface area contributed by atoms with Crippen molar-refractivity contribution in [3.8, 4) is 0 Å². The van der Waals surface area contributed by atoms with Crippen molar-refractivity contribution in [2.75, 3.05) is 0 Å².